The van der Waals surface area contributed by atoms with E-state index in [0.29, 0.717) is 11.3 Å². The summed E-state index contributed by atoms with van der Waals surface area (Å²) in [6.07, 6.45) is 1.33. The zero-order chi connectivity index (χ0) is 15.6. The van der Waals surface area contributed by atoms with Crippen LogP contribution in [0.1, 0.15) is 26.3 Å². The van der Waals surface area contributed by atoms with Crippen molar-refractivity contribution in [1.29, 1.82) is 0 Å². The van der Waals surface area contributed by atoms with Crippen LogP contribution >= 0.6 is 0 Å². The molecule has 21 heavy (non-hydrogen) atoms. The van der Waals surface area contributed by atoms with Gasteiger partial charge in [0.2, 0.25) is 0 Å². The summed E-state index contributed by atoms with van der Waals surface area (Å²) in [6.45, 7) is 4.23. The molecule has 1 aliphatic rings. The van der Waals surface area contributed by atoms with Crippen molar-refractivity contribution >= 4 is 24.0 Å². The first kappa shape index (κ1) is 14.8. The Balaban J connectivity index is 2.29. The van der Waals surface area contributed by atoms with E-state index in [4.69, 9.17) is 14.2 Å². The average molecular weight is 290 g/mol. The molecule has 0 bridgehead atoms. The fourth-order valence-electron chi connectivity index (χ4n) is 1.78. The maximum atomic E-state index is 11.8. The van der Waals surface area contributed by atoms with Crippen LogP contribution in [0.25, 0.3) is 6.08 Å². The minimum atomic E-state index is -1.27. The molecular formula is C15H14O6. The summed E-state index contributed by atoms with van der Waals surface area (Å²) in [5.74, 6) is -2.93. The summed E-state index contributed by atoms with van der Waals surface area (Å²) in [7, 11) is 0. The predicted molar refractivity (Wildman–Crippen MR) is 72.0 cm³/mol. The molecule has 0 amide bonds. The Morgan fingerprint density at radius 3 is 2.38 bits per heavy atom. The van der Waals surface area contributed by atoms with Crippen LogP contribution in [0, 0.1) is 0 Å². The van der Waals surface area contributed by atoms with Crippen molar-refractivity contribution in [2.24, 2.45) is 0 Å². The van der Waals surface area contributed by atoms with Crippen LogP contribution in [-0.4, -0.2) is 23.7 Å². The number of cyclic esters (lactones) is 2. The highest BCUT2D eigenvalue weighted by Crippen LogP contribution is 2.25. The van der Waals surface area contributed by atoms with Crippen LogP contribution in [0.3, 0.4) is 0 Å². The Labute approximate surface area is 121 Å². The average Bonchev–Trinajstić information content (AvgIpc) is 2.32. The van der Waals surface area contributed by atoms with Gasteiger partial charge < -0.3 is 14.2 Å². The molecule has 0 unspecified atom stereocenters. The monoisotopic (exact) mass is 290 g/mol. The molecule has 1 heterocycles. The minimum Gasteiger partial charge on any atom is -0.427 e. The van der Waals surface area contributed by atoms with Gasteiger partial charge in [0.1, 0.15) is 11.3 Å². The predicted octanol–water partition coefficient (Wildman–Crippen LogP) is 1.83. The highest BCUT2D eigenvalue weighted by atomic mass is 16.7. The zero-order valence-electron chi connectivity index (χ0n) is 11.8. The van der Waals surface area contributed by atoms with Crippen LogP contribution in [0.15, 0.2) is 29.8 Å². The third-order valence-electron chi connectivity index (χ3n) is 2.55. The van der Waals surface area contributed by atoms with E-state index in [0.717, 1.165) is 0 Å². The number of benzene rings is 1. The van der Waals surface area contributed by atoms with Gasteiger partial charge in [-0.1, -0.05) is 12.1 Å². The third-order valence-corrected chi connectivity index (χ3v) is 2.55. The zero-order valence-corrected chi connectivity index (χ0v) is 11.8. The largest absolute Gasteiger partial charge is 0.427 e. The molecule has 1 aromatic rings. The molecule has 6 heteroatoms. The molecule has 6 nitrogen and oxygen atoms in total. The number of carbonyl (C=O) groups excluding carboxylic acids is 3. The maximum absolute atomic E-state index is 11.8. The third kappa shape index (κ3) is 3.68. The molecule has 1 aliphatic heterocycles. The Morgan fingerprint density at radius 1 is 1.19 bits per heavy atom. The summed E-state index contributed by atoms with van der Waals surface area (Å²) in [5, 5.41) is 0. The van der Waals surface area contributed by atoms with E-state index in [-0.39, 0.29) is 5.57 Å². The first-order valence-corrected chi connectivity index (χ1v) is 6.24. The van der Waals surface area contributed by atoms with E-state index in [1.165, 1.54) is 32.9 Å². The summed E-state index contributed by atoms with van der Waals surface area (Å²) in [4.78, 5) is 34.5. The smallest absolute Gasteiger partial charge is 0.348 e. The number of rotatable bonds is 2. The number of ether oxygens (including phenoxy) is 3. The van der Waals surface area contributed by atoms with Gasteiger partial charge in [-0.2, -0.15) is 0 Å². The molecule has 0 radical (unpaired) electrons. The lowest BCUT2D eigenvalue weighted by molar-refractivity contribution is -0.222. The molecule has 0 aromatic heterocycles. The first-order chi connectivity index (χ1) is 9.77. The van der Waals surface area contributed by atoms with Crippen molar-refractivity contribution in [2.45, 2.75) is 26.6 Å². The van der Waals surface area contributed by atoms with Gasteiger partial charge in [0.05, 0.1) is 0 Å². The van der Waals surface area contributed by atoms with Crippen LogP contribution < -0.4 is 4.74 Å². The molecule has 0 saturated carbocycles. The molecule has 110 valence electrons. The number of carbonyl (C=O) groups is 3. The summed E-state index contributed by atoms with van der Waals surface area (Å²) in [5.41, 5.74) is 0.298. The summed E-state index contributed by atoms with van der Waals surface area (Å²) >= 11 is 0. The molecule has 1 fully saturated rings. The quantitative estimate of drug-likeness (QED) is 0.358. The van der Waals surface area contributed by atoms with E-state index >= 15 is 0 Å². The van der Waals surface area contributed by atoms with Gasteiger partial charge in [-0.05, 0) is 23.8 Å². The van der Waals surface area contributed by atoms with Gasteiger partial charge in [0, 0.05) is 20.8 Å². The molecule has 0 spiro atoms. The second-order valence-corrected chi connectivity index (χ2v) is 4.90. The molecule has 1 saturated heterocycles. The van der Waals surface area contributed by atoms with Crippen LogP contribution in [0.4, 0.5) is 0 Å². The second kappa shape index (κ2) is 5.40. The molecule has 0 atom stereocenters. The maximum Gasteiger partial charge on any atom is 0.348 e. The van der Waals surface area contributed by atoms with E-state index in [1.807, 2.05) is 0 Å². The topological polar surface area (TPSA) is 78.9 Å². The normalized spacial score (nSPS) is 16.8. The first-order valence-electron chi connectivity index (χ1n) is 6.24. The lowest BCUT2D eigenvalue weighted by atomic mass is 10.1. The van der Waals surface area contributed by atoms with Gasteiger partial charge >= 0.3 is 17.9 Å². The molecule has 0 aliphatic carbocycles. The Kier molecular flexibility index (Phi) is 3.80. The van der Waals surface area contributed by atoms with E-state index in [1.54, 1.807) is 18.2 Å². The van der Waals surface area contributed by atoms with Gasteiger partial charge in [-0.3, -0.25) is 4.79 Å². The summed E-state index contributed by atoms with van der Waals surface area (Å²) in [6, 6.07) is 6.40. The number of hydrogen-bond acceptors (Lipinski definition) is 6. The second-order valence-electron chi connectivity index (χ2n) is 4.90. The van der Waals surface area contributed by atoms with Gasteiger partial charge in [-0.15, -0.1) is 0 Å². The highest BCUT2D eigenvalue weighted by Gasteiger charge is 2.38. The van der Waals surface area contributed by atoms with Gasteiger partial charge in [-0.25, -0.2) is 9.59 Å². The van der Waals surface area contributed by atoms with Crippen LogP contribution in [0.2, 0.25) is 0 Å². The molecule has 0 N–H and O–H groups in total. The SMILES string of the molecule is CC(=O)Oc1cccc(C=C2C(=O)OC(C)(C)OC2=O)c1. The van der Waals surface area contributed by atoms with Gasteiger partial charge in [0.15, 0.2) is 0 Å². The van der Waals surface area contributed by atoms with Crippen molar-refractivity contribution in [1.82, 2.24) is 0 Å². The molecular weight excluding hydrogens is 276 g/mol. The van der Waals surface area contributed by atoms with Crippen molar-refractivity contribution < 1.29 is 28.6 Å². The van der Waals surface area contributed by atoms with Crippen molar-refractivity contribution in [3.63, 3.8) is 0 Å². The fourth-order valence-corrected chi connectivity index (χ4v) is 1.78. The van der Waals surface area contributed by atoms with Gasteiger partial charge in [0.25, 0.3) is 5.79 Å². The van der Waals surface area contributed by atoms with Crippen molar-refractivity contribution in [3.8, 4) is 5.75 Å². The molecule has 2 rings (SSSR count). The standard InChI is InChI=1S/C15H14O6/c1-9(16)19-11-6-4-5-10(7-11)8-12-13(17)20-15(2,3)21-14(12)18/h4-8H,1-3H3. The lowest BCUT2D eigenvalue weighted by Crippen LogP contribution is -2.41. The summed E-state index contributed by atoms with van der Waals surface area (Å²) < 4.78 is 14.9. The fraction of sp³-hybridized carbons (Fsp3) is 0.267. The number of hydrogen-bond donors (Lipinski definition) is 0. The Hall–Kier alpha value is -2.63. The minimum absolute atomic E-state index is 0.214. The van der Waals surface area contributed by atoms with Crippen molar-refractivity contribution in [2.75, 3.05) is 0 Å². The van der Waals surface area contributed by atoms with E-state index in [2.05, 4.69) is 0 Å². The molecule has 1 aromatic carbocycles. The van der Waals surface area contributed by atoms with Crippen LogP contribution in [-0.2, 0) is 23.9 Å². The Morgan fingerprint density at radius 2 is 1.81 bits per heavy atom. The highest BCUT2D eigenvalue weighted by molar-refractivity contribution is 6.18. The lowest BCUT2D eigenvalue weighted by Gasteiger charge is -2.29. The van der Waals surface area contributed by atoms with E-state index in [9.17, 15) is 14.4 Å². The van der Waals surface area contributed by atoms with E-state index < -0.39 is 23.7 Å². The van der Waals surface area contributed by atoms with Crippen LogP contribution in [0.5, 0.6) is 5.75 Å². The van der Waals surface area contributed by atoms with Crippen molar-refractivity contribution in [3.05, 3.63) is 35.4 Å². The Bertz CT molecular complexity index is 619. The number of esters is 3.